The lowest BCUT2D eigenvalue weighted by Crippen LogP contribution is -2.08. The predicted molar refractivity (Wildman–Crippen MR) is 96.5 cm³/mol. The quantitative estimate of drug-likeness (QED) is 0.533. The first-order valence-electron chi connectivity index (χ1n) is 7.67. The van der Waals surface area contributed by atoms with E-state index in [4.69, 9.17) is 8.94 Å². The highest BCUT2D eigenvalue weighted by Gasteiger charge is 2.18. The van der Waals surface area contributed by atoms with Crippen molar-refractivity contribution in [3.05, 3.63) is 52.0 Å². The molecule has 0 fully saturated rings. The third-order valence-corrected chi connectivity index (χ3v) is 4.27. The maximum atomic E-state index is 12.1. The summed E-state index contributed by atoms with van der Waals surface area (Å²) >= 11 is 1.67. The maximum absolute atomic E-state index is 12.1. The van der Waals surface area contributed by atoms with Crippen LogP contribution in [-0.4, -0.2) is 33.5 Å². The van der Waals surface area contributed by atoms with Gasteiger partial charge < -0.3 is 14.0 Å². The van der Waals surface area contributed by atoms with E-state index in [9.17, 15) is 9.90 Å². The fourth-order valence-electron chi connectivity index (χ4n) is 2.37. The molecule has 0 aliphatic rings. The minimum Gasteiger partial charge on any atom is -0.506 e. The Bertz CT molecular complexity index is 964. The summed E-state index contributed by atoms with van der Waals surface area (Å²) in [6.45, 7) is 1.73. The maximum Gasteiger partial charge on any atom is 0.348 e. The summed E-state index contributed by atoms with van der Waals surface area (Å²) in [5.74, 6) is 1.59. The Labute approximate surface area is 147 Å². The van der Waals surface area contributed by atoms with Gasteiger partial charge in [0.05, 0.1) is 5.39 Å². The van der Waals surface area contributed by atoms with Crippen LogP contribution in [0, 0.1) is 6.92 Å². The standard InChI is InChI=1S/C17H17N3O4S/c1-10-19-16(24-20-10)13(7-8-25-2)18-9-12-15(21)11-5-3-4-6-14(11)23-17(12)22/h3-6,9,13,21H,7-8H2,1-2H3. The highest BCUT2D eigenvalue weighted by atomic mass is 32.2. The molecular weight excluding hydrogens is 342 g/mol. The summed E-state index contributed by atoms with van der Waals surface area (Å²) in [5, 5.41) is 14.6. The number of benzene rings is 1. The van der Waals surface area contributed by atoms with Gasteiger partial charge in [-0.3, -0.25) is 4.99 Å². The molecule has 0 saturated heterocycles. The fourth-order valence-corrected chi connectivity index (χ4v) is 2.82. The van der Waals surface area contributed by atoms with Crippen molar-refractivity contribution in [1.82, 2.24) is 10.1 Å². The van der Waals surface area contributed by atoms with Gasteiger partial charge in [-0.15, -0.1) is 0 Å². The fraction of sp³-hybridized carbons (Fsp3) is 0.294. The molecular formula is C17H17N3O4S. The molecule has 1 atom stereocenters. The molecule has 0 aliphatic heterocycles. The van der Waals surface area contributed by atoms with Gasteiger partial charge in [0.1, 0.15) is 22.9 Å². The SMILES string of the molecule is CSCCC(N=Cc1c(O)c2ccccc2oc1=O)c1nc(C)no1. The lowest BCUT2D eigenvalue weighted by Gasteiger charge is -2.07. The molecule has 8 heteroatoms. The predicted octanol–water partition coefficient (Wildman–Crippen LogP) is 3.10. The summed E-state index contributed by atoms with van der Waals surface area (Å²) in [7, 11) is 0. The molecule has 1 N–H and O–H groups in total. The molecule has 0 saturated carbocycles. The van der Waals surface area contributed by atoms with E-state index in [-0.39, 0.29) is 17.4 Å². The third kappa shape index (κ3) is 3.74. The highest BCUT2D eigenvalue weighted by molar-refractivity contribution is 7.98. The molecule has 0 bridgehead atoms. The monoisotopic (exact) mass is 359 g/mol. The second-order valence-electron chi connectivity index (χ2n) is 5.40. The number of aromatic nitrogens is 2. The molecule has 3 aromatic rings. The van der Waals surface area contributed by atoms with Gasteiger partial charge in [0.25, 0.3) is 5.89 Å². The van der Waals surface area contributed by atoms with Crippen LogP contribution < -0.4 is 5.63 Å². The van der Waals surface area contributed by atoms with Crippen molar-refractivity contribution in [3.8, 4) is 5.75 Å². The van der Waals surface area contributed by atoms with E-state index in [2.05, 4.69) is 15.1 Å². The van der Waals surface area contributed by atoms with Crippen molar-refractivity contribution in [1.29, 1.82) is 0 Å². The van der Waals surface area contributed by atoms with Crippen LogP contribution in [0.3, 0.4) is 0 Å². The van der Waals surface area contributed by atoms with Gasteiger partial charge in [0, 0.05) is 6.21 Å². The second kappa shape index (κ2) is 7.52. The Morgan fingerprint density at radius 1 is 1.40 bits per heavy atom. The largest absolute Gasteiger partial charge is 0.506 e. The molecule has 1 aromatic carbocycles. The summed E-state index contributed by atoms with van der Waals surface area (Å²) in [6, 6.07) is 6.40. The Morgan fingerprint density at radius 3 is 2.92 bits per heavy atom. The second-order valence-corrected chi connectivity index (χ2v) is 6.39. The summed E-state index contributed by atoms with van der Waals surface area (Å²) in [6.07, 6.45) is 3.97. The van der Waals surface area contributed by atoms with Crippen LogP contribution in [0.15, 0.2) is 43.0 Å². The van der Waals surface area contributed by atoms with Gasteiger partial charge in [-0.25, -0.2) is 4.79 Å². The van der Waals surface area contributed by atoms with Crippen LogP contribution in [0.2, 0.25) is 0 Å². The highest BCUT2D eigenvalue weighted by Crippen LogP contribution is 2.26. The zero-order valence-electron chi connectivity index (χ0n) is 13.8. The Morgan fingerprint density at radius 2 is 2.20 bits per heavy atom. The van der Waals surface area contributed by atoms with E-state index in [1.54, 1.807) is 43.0 Å². The normalized spacial score (nSPS) is 12.9. The summed E-state index contributed by atoms with van der Waals surface area (Å²) in [5.41, 5.74) is -0.317. The minimum atomic E-state index is -0.648. The molecule has 0 amide bonds. The molecule has 1 unspecified atom stereocenters. The van der Waals surface area contributed by atoms with E-state index in [0.717, 1.165) is 5.75 Å². The van der Waals surface area contributed by atoms with Crippen LogP contribution in [0.5, 0.6) is 5.75 Å². The van der Waals surface area contributed by atoms with Gasteiger partial charge in [0.15, 0.2) is 5.82 Å². The molecule has 130 valence electrons. The summed E-state index contributed by atoms with van der Waals surface area (Å²) in [4.78, 5) is 20.7. The Hall–Kier alpha value is -2.61. The third-order valence-electron chi connectivity index (χ3n) is 3.63. The number of thioether (sulfide) groups is 1. The molecule has 25 heavy (non-hydrogen) atoms. The van der Waals surface area contributed by atoms with Crippen molar-refractivity contribution in [2.75, 3.05) is 12.0 Å². The smallest absolute Gasteiger partial charge is 0.348 e. The van der Waals surface area contributed by atoms with Crippen molar-refractivity contribution in [2.24, 2.45) is 4.99 Å². The van der Waals surface area contributed by atoms with Gasteiger partial charge in [-0.1, -0.05) is 17.3 Å². The summed E-state index contributed by atoms with van der Waals surface area (Å²) < 4.78 is 10.4. The van der Waals surface area contributed by atoms with Crippen LogP contribution in [0.25, 0.3) is 11.0 Å². The van der Waals surface area contributed by atoms with Crippen LogP contribution in [0.1, 0.15) is 29.7 Å². The van der Waals surface area contributed by atoms with E-state index >= 15 is 0 Å². The first kappa shape index (κ1) is 17.2. The lowest BCUT2D eigenvalue weighted by atomic mass is 10.1. The molecule has 2 heterocycles. The number of rotatable bonds is 6. The molecule has 7 nitrogen and oxygen atoms in total. The number of nitrogens with zero attached hydrogens (tertiary/aromatic N) is 3. The average Bonchev–Trinajstić information content (AvgIpc) is 3.03. The van der Waals surface area contributed by atoms with Gasteiger partial charge in [-0.2, -0.15) is 16.7 Å². The molecule has 0 spiro atoms. The number of aryl methyl sites for hydroxylation is 1. The molecule has 2 aromatic heterocycles. The number of aromatic hydroxyl groups is 1. The van der Waals surface area contributed by atoms with Crippen molar-refractivity contribution >= 4 is 28.9 Å². The number of para-hydroxylation sites is 1. The Balaban J connectivity index is 1.98. The zero-order valence-corrected chi connectivity index (χ0v) is 14.6. The molecule has 3 rings (SSSR count). The number of fused-ring (bicyclic) bond motifs is 1. The number of hydrogen-bond acceptors (Lipinski definition) is 8. The zero-order chi connectivity index (χ0) is 17.8. The van der Waals surface area contributed by atoms with Crippen LogP contribution >= 0.6 is 11.8 Å². The van der Waals surface area contributed by atoms with Crippen molar-refractivity contribution in [2.45, 2.75) is 19.4 Å². The van der Waals surface area contributed by atoms with Crippen LogP contribution in [-0.2, 0) is 0 Å². The minimum absolute atomic E-state index is 0.00379. The number of aliphatic imine (C=N–C) groups is 1. The van der Waals surface area contributed by atoms with Crippen LogP contribution in [0.4, 0.5) is 0 Å². The van der Waals surface area contributed by atoms with E-state index in [1.165, 1.54) is 6.21 Å². The van der Waals surface area contributed by atoms with Gasteiger partial charge in [-0.05, 0) is 37.5 Å². The van der Waals surface area contributed by atoms with E-state index < -0.39 is 5.63 Å². The number of hydrogen-bond donors (Lipinski definition) is 1. The lowest BCUT2D eigenvalue weighted by molar-refractivity contribution is 0.351. The van der Waals surface area contributed by atoms with Crippen molar-refractivity contribution in [3.63, 3.8) is 0 Å². The Kier molecular flexibility index (Phi) is 5.18. The first-order valence-corrected chi connectivity index (χ1v) is 9.06. The van der Waals surface area contributed by atoms with Gasteiger partial charge >= 0.3 is 5.63 Å². The molecule has 0 radical (unpaired) electrons. The van der Waals surface area contributed by atoms with Crippen molar-refractivity contribution < 1.29 is 14.0 Å². The average molecular weight is 359 g/mol. The van der Waals surface area contributed by atoms with E-state index in [0.29, 0.717) is 29.1 Å². The topological polar surface area (TPSA) is 102 Å². The molecule has 0 aliphatic carbocycles. The first-order chi connectivity index (χ1) is 12.1. The van der Waals surface area contributed by atoms with Gasteiger partial charge in [0.2, 0.25) is 0 Å². The van der Waals surface area contributed by atoms with E-state index in [1.807, 2.05) is 6.26 Å².